The molecule has 6 aromatic rings. The van der Waals surface area contributed by atoms with E-state index in [4.69, 9.17) is 4.52 Å². The van der Waals surface area contributed by atoms with Crippen molar-refractivity contribution in [2.45, 2.75) is 68.9 Å². The van der Waals surface area contributed by atoms with Gasteiger partial charge in [0, 0.05) is 62.0 Å². The number of rotatable bonds is 8. The summed E-state index contributed by atoms with van der Waals surface area (Å²) in [5, 5.41) is 10.0. The quantitative estimate of drug-likeness (QED) is 0.108. The molecule has 0 saturated carbocycles. The highest BCUT2D eigenvalue weighted by atomic mass is 31.2. The molecule has 5 N–H and O–H groups in total. The zero-order valence-corrected chi connectivity index (χ0v) is 38.4. The van der Waals surface area contributed by atoms with Crippen LogP contribution in [-0.4, -0.2) is 132 Å². The van der Waals surface area contributed by atoms with E-state index in [1.165, 1.54) is 38.6 Å². The second-order valence-corrected chi connectivity index (χ2v) is 19.9. The number of imidazole rings is 1. The predicted octanol–water partition coefficient (Wildman–Crippen LogP) is 3.49. The Kier molecular flexibility index (Phi) is 11.7. The van der Waals surface area contributed by atoms with Crippen molar-refractivity contribution in [3.63, 3.8) is 0 Å². The Morgan fingerprint density at radius 2 is 1.63 bits per heavy atom. The number of piperidine rings is 1. The van der Waals surface area contributed by atoms with E-state index in [9.17, 15) is 56.7 Å². The van der Waals surface area contributed by atoms with Crippen molar-refractivity contribution in [3.05, 3.63) is 106 Å². The van der Waals surface area contributed by atoms with Crippen molar-refractivity contribution in [2.24, 2.45) is 0 Å². The number of halogens is 2. The first-order chi connectivity index (χ1) is 33.4. The molecule has 4 aromatic carbocycles. The van der Waals surface area contributed by atoms with E-state index in [0.717, 1.165) is 23.4 Å². The summed E-state index contributed by atoms with van der Waals surface area (Å²) in [4.78, 5) is 123. The van der Waals surface area contributed by atoms with Gasteiger partial charge in [-0.2, -0.15) is 8.78 Å². The lowest BCUT2D eigenvalue weighted by atomic mass is 10.0. The number of hydrogen-bond acceptors (Lipinski definition) is 11. The molecule has 23 heteroatoms. The van der Waals surface area contributed by atoms with Crippen LogP contribution in [0.5, 0.6) is 0 Å². The molecule has 4 aliphatic rings. The van der Waals surface area contributed by atoms with Crippen LogP contribution in [0.25, 0.3) is 32.8 Å². The van der Waals surface area contributed by atoms with Crippen molar-refractivity contribution >= 4 is 81.5 Å². The minimum absolute atomic E-state index is 0.0172. The first-order valence-electron chi connectivity index (χ1n) is 22.7. The lowest BCUT2D eigenvalue weighted by Gasteiger charge is -2.41. The molecule has 2 aromatic heterocycles. The van der Waals surface area contributed by atoms with E-state index in [-0.39, 0.29) is 48.5 Å². The van der Waals surface area contributed by atoms with Gasteiger partial charge in [-0.05, 0) is 91.9 Å². The van der Waals surface area contributed by atoms with Gasteiger partial charge in [0.15, 0.2) is 11.3 Å². The third kappa shape index (κ3) is 8.28. The number of carbonyl (C=O) groups is 6. The van der Waals surface area contributed by atoms with E-state index in [2.05, 4.69) is 25.7 Å². The summed E-state index contributed by atoms with van der Waals surface area (Å²) in [7, 11) is -5.90. The number of H-pyrrole nitrogens is 1. The van der Waals surface area contributed by atoms with Crippen LogP contribution >= 0.6 is 7.60 Å². The molecule has 20 nitrogen and oxygen atoms in total. The van der Waals surface area contributed by atoms with Crippen LogP contribution in [-0.2, 0) is 29.4 Å². The average Bonchev–Trinajstić information content (AvgIpc) is 4.04. The molecule has 0 radical (unpaired) electrons. The smallest absolute Gasteiger partial charge is 0.368 e. The average molecular weight is 982 g/mol. The fourth-order valence-corrected chi connectivity index (χ4v) is 10.7. The zero-order valence-electron chi connectivity index (χ0n) is 37.5. The molecule has 0 spiro atoms. The van der Waals surface area contributed by atoms with Gasteiger partial charge in [-0.1, -0.05) is 35.0 Å². The highest BCUT2D eigenvalue weighted by Crippen LogP contribution is 2.59. The molecule has 0 bridgehead atoms. The van der Waals surface area contributed by atoms with Gasteiger partial charge in [0.2, 0.25) is 23.6 Å². The predicted molar refractivity (Wildman–Crippen MR) is 247 cm³/mol. The van der Waals surface area contributed by atoms with E-state index in [1.807, 2.05) is 19.1 Å². The number of nitrogens with zero attached hydrogens (tertiary/aromatic N) is 6. The number of aryl methyl sites for hydroxylation is 1. The summed E-state index contributed by atoms with van der Waals surface area (Å²) >= 11 is 0. The molecule has 6 heterocycles. The van der Waals surface area contributed by atoms with Crippen LogP contribution in [0.2, 0.25) is 0 Å². The minimum Gasteiger partial charge on any atom is -0.368 e. The number of piperazine rings is 1. The molecule has 364 valence electrons. The molecule has 4 saturated heterocycles. The van der Waals surface area contributed by atoms with E-state index >= 15 is 0 Å². The molecule has 4 aliphatic heterocycles. The zero-order chi connectivity index (χ0) is 49.4. The second-order valence-electron chi connectivity index (χ2n) is 18.2. The van der Waals surface area contributed by atoms with Crippen molar-refractivity contribution in [3.8, 4) is 0 Å². The van der Waals surface area contributed by atoms with Crippen molar-refractivity contribution in [1.82, 2.24) is 40.0 Å². The largest absolute Gasteiger partial charge is 0.399 e. The second kappa shape index (κ2) is 17.6. The van der Waals surface area contributed by atoms with Gasteiger partial charge < -0.3 is 44.2 Å². The number of imide groups is 1. The summed E-state index contributed by atoms with van der Waals surface area (Å²) in [6, 6.07) is 14.1. The van der Waals surface area contributed by atoms with Crippen LogP contribution in [0.15, 0.2) is 82.1 Å². The van der Waals surface area contributed by atoms with Gasteiger partial charge in [-0.25, -0.2) is 4.79 Å². The standard InChI is InChI=1S/C47H46F2N9O11P/c1-25-2-12-38-32(20-25)40(53-69-38)45(64)56-15-14-30-7-10-37(57(30)43(62)34(24-56)50-41(60)27-4-3-26-5-6-29(22-28(26)21-27)47(48,49)70(66,67)68)44(63)55-18-16-54(17-19-55)31-8-9-35-33(23-31)51-46(65)58(35)36-11-13-39(59)52-42(36)61/h2-6,8-9,12,20-23,30,34,36-37H,7,10-11,13-19,24H2,1H3,(H,50,60)(H,51,65)(H,52,59,61)(H2,66,67,68)/t30-,34+,36?,37+/m1/s1. The Bertz CT molecular complexity index is 3290. The normalized spacial score (nSPS) is 21.5. The fraction of sp³-hybridized carbons (Fsp3) is 0.362. The molecule has 6 amide bonds. The topological polar surface area (TPSA) is 261 Å². The molecule has 70 heavy (non-hydrogen) atoms. The lowest BCUT2D eigenvalue weighted by Crippen LogP contribution is -2.62. The number of alkyl halides is 2. The van der Waals surface area contributed by atoms with Gasteiger partial charge in [0.1, 0.15) is 18.1 Å². The molecule has 4 atom stereocenters. The molecular weight excluding hydrogens is 936 g/mol. The summed E-state index contributed by atoms with van der Waals surface area (Å²) in [5.41, 5.74) is -2.99. The number of benzene rings is 4. The highest BCUT2D eigenvalue weighted by Gasteiger charge is 2.51. The summed E-state index contributed by atoms with van der Waals surface area (Å²) in [6.45, 7) is 3.06. The van der Waals surface area contributed by atoms with Crippen LogP contribution < -0.4 is 21.2 Å². The molecule has 1 unspecified atom stereocenters. The Labute approximate surface area is 395 Å². The molecule has 4 fully saturated rings. The molecule has 0 aliphatic carbocycles. The van der Waals surface area contributed by atoms with Crippen LogP contribution in [0.4, 0.5) is 14.5 Å². The summed E-state index contributed by atoms with van der Waals surface area (Å²) < 4.78 is 47.9. The Morgan fingerprint density at radius 3 is 2.39 bits per heavy atom. The number of aromatic nitrogens is 3. The highest BCUT2D eigenvalue weighted by molar-refractivity contribution is 7.52. The lowest BCUT2D eigenvalue weighted by molar-refractivity contribution is -0.147. The fourth-order valence-electron chi connectivity index (χ4n) is 10.2. The van der Waals surface area contributed by atoms with E-state index in [0.29, 0.717) is 72.8 Å². The number of nitrogens with one attached hydrogen (secondary N) is 3. The number of fused-ring (bicyclic) bond motifs is 4. The van der Waals surface area contributed by atoms with Gasteiger partial charge in [-0.15, -0.1) is 0 Å². The van der Waals surface area contributed by atoms with Crippen molar-refractivity contribution in [1.29, 1.82) is 0 Å². The van der Waals surface area contributed by atoms with E-state index < -0.39 is 78.2 Å². The number of aromatic amines is 1. The third-order valence-corrected chi connectivity index (χ3v) is 14.9. The van der Waals surface area contributed by atoms with Crippen LogP contribution in [0, 0.1) is 6.92 Å². The molecular formula is C47H46F2N9O11P. The summed E-state index contributed by atoms with van der Waals surface area (Å²) in [6.07, 6.45) is 1.37. The first-order valence-corrected chi connectivity index (χ1v) is 24.4. The van der Waals surface area contributed by atoms with Crippen LogP contribution in [0.1, 0.15) is 70.1 Å². The maximum atomic E-state index is 15.0. The van der Waals surface area contributed by atoms with Gasteiger partial charge in [0.25, 0.3) is 11.8 Å². The van der Waals surface area contributed by atoms with Crippen molar-refractivity contribution in [2.75, 3.05) is 44.2 Å². The van der Waals surface area contributed by atoms with Crippen LogP contribution in [0.3, 0.4) is 0 Å². The Morgan fingerprint density at radius 1 is 0.857 bits per heavy atom. The minimum atomic E-state index is -5.90. The molecule has 10 rings (SSSR count). The van der Waals surface area contributed by atoms with Gasteiger partial charge in [-0.3, -0.25) is 43.2 Å². The SMILES string of the molecule is Cc1ccc2onc(C(=O)N3CC[C@H]4CC[C@@H](C(=O)N5CCN(c6ccc7c(c6)[nH]c(=O)n7C6CCC(=O)NC6=O)CC5)N4C(=O)[C@@H](NC(=O)c4ccc5ccc(C(F)(F)P(=O)(O)O)cc5c4)C3)c2c1. The van der Waals surface area contributed by atoms with Gasteiger partial charge >= 0.3 is 18.9 Å². The van der Waals surface area contributed by atoms with E-state index in [1.54, 1.807) is 29.2 Å². The first kappa shape index (κ1) is 46.4. The summed E-state index contributed by atoms with van der Waals surface area (Å²) in [5.74, 6) is -3.18. The number of hydrogen-bond donors (Lipinski definition) is 5. The Hall–Kier alpha value is -7.29. The van der Waals surface area contributed by atoms with Gasteiger partial charge in [0.05, 0.1) is 23.0 Å². The third-order valence-electron chi connectivity index (χ3n) is 13.9. The Balaban J connectivity index is 0.887. The number of anilines is 1. The monoisotopic (exact) mass is 981 g/mol. The van der Waals surface area contributed by atoms with Crippen molar-refractivity contribution < 1.29 is 56.4 Å². The number of amides is 6. The maximum Gasteiger partial charge on any atom is 0.399 e. The number of carbonyl (C=O) groups excluding carboxylic acids is 6. The maximum absolute atomic E-state index is 15.0.